The van der Waals surface area contributed by atoms with Gasteiger partial charge < -0.3 is 11.1 Å². The molecule has 1 atom stereocenters. The molecule has 19 heavy (non-hydrogen) atoms. The number of nitrogens with zero attached hydrogens (tertiary/aromatic N) is 1. The monoisotopic (exact) mass is 257 g/mol. The minimum atomic E-state index is 0.434. The van der Waals surface area contributed by atoms with Crippen LogP contribution >= 0.6 is 0 Å². The first-order valence-electron chi connectivity index (χ1n) is 6.96. The Morgan fingerprint density at radius 2 is 1.95 bits per heavy atom. The predicted octanol–water partition coefficient (Wildman–Crippen LogP) is 4.05. The van der Waals surface area contributed by atoms with E-state index in [1.807, 2.05) is 18.3 Å². The van der Waals surface area contributed by atoms with Crippen molar-refractivity contribution in [2.45, 2.75) is 39.7 Å². The minimum absolute atomic E-state index is 0.434. The van der Waals surface area contributed by atoms with Gasteiger partial charge in [-0.2, -0.15) is 0 Å². The molecule has 0 saturated heterocycles. The van der Waals surface area contributed by atoms with Crippen molar-refractivity contribution >= 4 is 22.1 Å². The summed E-state index contributed by atoms with van der Waals surface area (Å²) in [6.07, 6.45) is 6.01. The Morgan fingerprint density at radius 3 is 2.68 bits per heavy atom. The number of fused-ring (bicyclic) bond motifs is 1. The third-order valence-corrected chi connectivity index (χ3v) is 3.44. The molecule has 0 amide bonds. The molecule has 0 fully saturated rings. The van der Waals surface area contributed by atoms with Crippen LogP contribution in [0.4, 0.5) is 11.4 Å². The molecule has 1 aromatic heterocycles. The Hall–Kier alpha value is -1.77. The van der Waals surface area contributed by atoms with Crippen LogP contribution in [0.15, 0.2) is 30.6 Å². The molecule has 2 aromatic rings. The fourth-order valence-corrected chi connectivity index (χ4v) is 2.24. The number of rotatable bonds is 5. The van der Waals surface area contributed by atoms with Crippen LogP contribution < -0.4 is 11.1 Å². The van der Waals surface area contributed by atoms with Crippen LogP contribution in [0, 0.1) is 5.92 Å². The SMILES string of the molecule is CC(C)CCC(C)Nc1ccc2cnccc2c1N. The molecule has 2 rings (SSSR count). The molecular weight excluding hydrogens is 234 g/mol. The Bertz CT molecular complexity index is 549. The third kappa shape index (κ3) is 3.37. The summed E-state index contributed by atoms with van der Waals surface area (Å²) in [5, 5.41) is 5.66. The lowest BCUT2D eigenvalue weighted by Crippen LogP contribution is -2.16. The number of nitrogens with two attached hydrogens (primary N) is 1. The number of anilines is 2. The molecule has 3 nitrogen and oxygen atoms in total. The number of hydrogen-bond acceptors (Lipinski definition) is 3. The summed E-state index contributed by atoms with van der Waals surface area (Å²) >= 11 is 0. The molecule has 0 spiro atoms. The molecule has 0 aliphatic carbocycles. The largest absolute Gasteiger partial charge is 0.397 e. The summed E-state index contributed by atoms with van der Waals surface area (Å²) in [4.78, 5) is 4.12. The topological polar surface area (TPSA) is 50.9 Å². The van der Waals surface area contributed by atoms with Crippen LogP contribution in [-0.4, -0.2) is 11.0 Å². The first-order chi connectivity index (χ1) is 9.08. The zero-order valence-electron chi connectivity index (χ0n) is 12.0. The highest BCUT2D eigenvalue weighted by Gasteiger charge is 2.08. The summed E-state index contributed by atoms with van der Waals surface area (Å²) < 4.78 is 0. The smallest absolute Gasteiger partial charge is 0.0630 e. The minimum Gasteiger partial charge on any atom is -0.397 e. The van der Waals surface area contributed by atoms with Crippen molar-refractivity contribution in [1.82, 2.24) is 4.98 Å². The van der Waals surface area contributed by atoms with Gasteiger partial charge in [0.1, 0.15) is 0 Å². The van der Waals surface area contributed by atoms with Crippen molar-refractivity contribution in [3.05, 3.63) is 30.6 Å². The number of nitrogens with one attached hydrogen (secondary N) is 1. The average molecular weight is 257 g/mol. The van der Waals surface area contributed by atoms with Gasteiger partial charge >= 0.3 is 0 Å². The number of pyridine rings is 1. The first kappa shape index (κ1) is 13.7. The molecule has 1 unspecified atom stereocenters. The Labute approximate surface area is 115 Å². The first-order valence-corrected chi connectivity index (χ1v) is 6.96. The highest BCUT2D eigenvalue weighted by atomic mass is 14.9. The van der Waals surface area contributed by atoms with Crippen molar-refractivity contribution in [3.63, 3.8) is 0 Å². The van der Waals surface area contributed by atoms with Crippen molar-refractivity contribution in [3.8, 4) is 0 Å². The highest BCUT2D eigenvalue weighted by molar-refractivity contribution is 5.98. The van der Waals surface area contributed by atoms with Gasteiger partial charge in [-0.25, -0.2) is 0 Å². The van der Waals surface area contributed by atoms with Gasteiger partial charge in [0.15, 0.2) is 0 Å². The van der Waals surface area contributed by atoms with Gasteiger partial charge in [-0.1, -0.05) is 19.9 Å². The maximum atomic E-state index is 6.23. The zero-order chi connectivity index (χ0) is 13.8. The van der Waals surface area contributed by atoms with Crippen molar-refractivity contribution < 1.29 is 0 Å². The number of aromatic nitrogens is 1. The van der Waals surface area contributed by atoms with Crippen LogP contribution in [0.1, 0.15) is 33.6 Å². The molecule has 0 bridgehead atoms. The quantitative estimate of drug-likeness (QED) is 0.794. The summed E-state index contributed by atoms with van der Waals surface area (Å²) in [7, 11) is 0. The van der Waals surface area contributed by atoms with E-state index in [2.05, 4.69) is 37.1 Å². The fourth-order valence-electron chi connectivity index (χ4n) is 2.24. The van der Waals surface area contributed by atoms with Crippen LogP contribution in [0.25, 0.3) is 10.8 Å². The van der Waals surface area contributed by atoms with Gasteiger partial charge in [-0.3, -0.25) is 4.98 Å². The summed E-state index contributed by atoms with van der Waals surface area (Å²) in [6.45, 7) is 6.72. The Kier molecular flexibility index (Phi) is 4.25. The molecule has 1 aromatic carbocycles. The second-order valence-corrected chi connectivity index (χ2v) is 5.64. The van der Waals surface area contributed by atoms with E-state index in [0.29, 0.717) is 6.04 Å². The van der Waals surface area contributed by atoms with E-state index >= 15 is 0 Å². The van der Waals surface area contributed by atoms with E-state index in [-0.39, 0.29) is 0 Å². The highest BCUT2D eigenvalue weighted by Crippen LogP contribution is 2.28. The molecule has 1 heterocycles. The number of hydrogen-bond donors (Lipinski definition) is 2. The predicted molar refractivity (Wildman–Crippen MR) is 83.3 cm³/mol. The number of nitrogen functional groups attached to an aromatic ring is 1. The molecule has 0 radical (unpaired) electrons. The van der Waals surface area contributed by atoms with Crippen molar-refractivity contribution in [1.29, 1.82) is 0 Å². The van der Waals surface area contributed by atoms with Crippen LogP contribution in [0.5, 0.6) is 0 Å². The van der Waals surface area contributed by atoms with E-state index in [1.165, 1.54) is 6.42 Å². The molecular formula is C16H23N3. The standard InChI is InChI=1S/C16H23N3/c1-11(2)4-5-12(3)19-15-7-6-13-10-18-9-8-14(13)16(15)17/h6-12,19H,4-5,17H2,1-3H3. The molecule has 0 aliphatic rings. The molecule has 0 aliphatic heterocycles. The second kappa shape index (κ2) is 5.91. The van der Waals surface area contributed by atoms with Crippen molar-refractivity contribution in [2.75, 3.05) is 11.1 Å². The van der Waals surface area contributed by atoms with Gasteiger partial charge in [-0.05, 0) is 37.8 Å². The Morgan fingerprint density at radius 1 is 1.16 bits per heavy atom. The lowest BCUT2D eigenvalue weighted by Gasteiger charge is -2.18. The van der Waals surface area contributed by atoms with E-state index in [4.69, 9.17) is 5.73 Å². The summed E-state index contributed by atoms with van der Waals surface area (Å²) in [6, 6.07) is 6.51. The summed E-state index contributed by atoms with van der Waals surface area (Å²) in [5.41, 5.74) is 8.07. The lowest BCUT2D eigenvalue weighted by molar-refractivity contribution is 0.528. The van der Waals surface area contributed by atoms with E-state index < -0.39 is 0 Å². The molecule has 0 saturated carbocycles. The van der Waals surface area contributed by atoms with Gasteiger partial charge in [0.25, 0.3) is 0 Å². The van der Waals surface area contributed by atoms with Crippen LogP contribution in [-0.2, 0) is 0 Å². The lowest BCUT2D eigenvalue weighted by atomic mass is 10.0. The average Bonchev–Trinajstić information content (AvgIpc) is 2.40. The normalized spacial score (nSPS) is 12.8. The van der Waals surface area contributed by atoms with Crippen LogP contribution in [0.2, 0.25) is 0 Å². The molecule has 102 valence electrons. The van der Waals surface area contributed by atoms with Gasteiger partial charge in [0.05, 0.1) is 11.4 Å². The molecule has 3 N–H and O–H groups in total. The maximum Gasteiger partial charge on any atom is 0.0630 e. The van der Waals surface area contributed by atoms with E-state index in [1.54, 1.807) is 6.20 Å². The summed E-state index contributed by atoms with van der Waals surface area (Å²) in [5.74, 6) is 0.740. The van der Waals surface area contributed by atoms with E-state index in [9.17, 15) is 0 Å². The number of benzene rings is 1. The van der Waals surface area contributed by atoms with E-state index in [0.717, 1.165) is 34.5 Å². The second-order valence-electron chi connectivity index (χ2n) is 5.64. The van der Waals surface area contributed by atoms with Crippen LogP contribution in [0.3, 0.4) is 0 Å². The van der Waals surface area contributed by atoms with Gasteiger partial charge in [-0.15, -0.1) is 0 Å². The van der Waals surface area contributed by atoms with Gasteiger partial charge in [0.2, 0.25) is 0 Å². The zero-order valence-corrected chi connectivity index (χ0v) is 12.0. The third-order valence-electron chi connectivity index (χ3n) is 3.44. The fraction of sp³-hybridized carbons (Fsp3) is 0.438. The maximum absolute atomic E-state index is 6.23. The van der Waals surface area contributed by atoms with Gasteiger partial charge in [0, 0.05) is 29.2 Å². The molecule has 3 heteroatoms. The Balaban J connectivity index is 2.14. The van der Waals surface area contributed by atoms with Crippen molar-refractivity contribution in [2.24, 2.45) is 5.92 Å².